The average Bonchev–Trinajstić information content (AvgIpc) is 3.35. The number of aromatic amines is 1. The van der Waals surface area contributed by atoms with Crippen molar-refractivity contribution < 1.29 is 9.59 Å². The topological polar surface area (TPSA) is 137 Å². The quantitative estimate of drug-likeness (QED) is 0.381. The summed E-state index contributed by atoms with van der Waals surface area (Å²) in [6.45, 7) is 2.21. The molecule has 0 bridgehead atoms. The number of benzene rings is 1. The van der Waals surface area contributed by atoms with Crippen molar-refractivity contribution in [3.8, 4) is 0 Å². The van der Waals surface area contributed by atoms with Gasteiger partial charge in [-0.05, 0) is 37.6 Å². The molecular weight excluding hydrogens is 420 g/mol. The third kappa shape index (κ3) is 5.28. The maximum atomic E-state index is 12.8. The highest BCUT2D eigenvalue weighted by molar-refractivity contribution is 6.30. The summed E-state index contributed by atoms with van der Waals surface area (Å²) in [6.07, 6.45) is 2.62. The van der Waals surface area contributed by atoms with Crippen LogP contribution in [0.25, 0.3) is 0 Å². The molecule has 2 aromatic heterocycles. The lowest BCUT2D eigenvalue weighted by Crippen LogP contribution is -2.38. The molecule has 0 radical (unpaired) electrons. The maximum absolute atomic E-state index is 12.8. The SMILES string of the molecule is Cc1cc(Nc2cnc(C(=O)NCC3CCC(=O)N3)c(Nc3ccc(Cl)cc3)n2)n[nH]1. The molecule has 31 heavy (non-hydrogen) atoms. The molecular formula is C20H21ClN8O2. The van der Waals surface area contributed by atoms with Gasteiger partial charge in [0.1, 0.15) is 0 Å². The predicted molar refractivity (Wildman–Crippen MR) is 117 cm³/mol. The number of hydrogen-bond acceptors (Lipinski definition) is 7. The molecule has 11 heteroatoms. The van der Waals surface area contributed by atoms with Crippen LogP contribution >= 0.6 is 11.6 Å². The second kappa shape index (κ2) is 9.00. The van der Waals surface area contributed by atoms with E-state index in [1.165, 1.54) is 6.20 Å². The number of nitrogens with one attached hydrogen (secondary N) is 5. The zero-order valence-corrected chi connectivity index (χ0v) is 17.5. The number of halogens is 1. The Morgan fingerprint density at radius 2 is 2.03 bits per heavy atom. The van der Waals surface area contributed by atoms with Gasteiger partial charge in [-0.3, -0.25) is 14.7 Å². The second-order valence-electron chi connectivity index (χ2n) is 7.16. The summed E-state index contributed by atoms with van der Waals surface area (Å²) in [7, 11) is 0. The fourth-order valence-electron chi connectivity index (χ4n) is 3.12. The first-order valence-electron chi connectivity index (χ1n) is 9.72. The lowest BCUT2D eigenvalue weighted by molar-refractivity contribution is -0.119. The van der Waals surface area contributed by atoms with Crippen molar-refractivity contribution in [3.05, 3.63) is 52.9 Å². The van der Waals surface area contributed by atoms with E-state index in [1.807, 2.05) is 13.0 Å². The van der Waals surface area contributed by atoms with Crippen LogP contribution in [-0.2, 0) is 4.79 Å². The molecule has 1 unspecified atom stereocenters. The molecule has 1 saturated heterocycles. The van der Waals surface area contributed by atoms with E-state index < -0.39 is 5.91 Å². The molecule has 5 N–H and O–H groups in total. The lowest BCUT2D eigenvalue weighted by Gasteiger charge is -2.14. The summed E-state index contributed by atoms with van der Waals surface area (Å²) in [5.41, 5.74) is 1.72. The zero-order chi connectivity index (χ0) is 21.8. The van der Waals surface area contributed by atoms with E-state index >= 15 is 0 Å². The van der Waals surface area contributed by atoms with Gasteiger partial charge in [-0.25, -0.2) is 9.97 Å². The van der Waals surface area contributed by atoms with Crippen molar-refractivity contribution in [2.24, 2.45) is 0 Å². The van der Waals surface area contributed by atoms with Gasteiger partial charge >= 0.3 is 0 Å². The highest BCUT2D eigenvalue weighted by Crippen LogP contribution is 2.22. The van der Waals surface area contributed by atoms with E-state index in [1.54, 1.807) is 24.3 Å². The number of H-pyrrole nitrogens is 1. The summed E-state index contributed by atoms with van der Waals surface area (Å²) in [5, 5.41) is 19.4. The minimum Gasteiger partial charge on any atom is -0.352 e. The standard InChI is InChI=1S/C20H21ClN8O2/c1-11-8-15(29-28-11)26-16-10-22-18(20(31)23-9-14-6-7-17(30)24-14)19(27-16)25-13-4-2-12(21)3-5-13/h2-5,8,10,14H,6-7,9H2,1H3,(H,23,31)(H,24,30)(H3,25,26,27,28,29). The highest BCUT2D eigenvalue weighted by Gasteiger charge is 2.23. The van der Waals surface area contributed by atoms with Crippen molar-refractivity contribution in [1.82, 2.24) is 30.8 Å². The van der Waals surface area contributed by atoms with Gasteiger partial charge in [-0.15, -0.1) is 0 Å². The largest absolute Gasteiger partial charge is 0.352 e. The molecule has 2 amide bonds. The highest BCUT2D eigenvalue weighted by atomic mass is 35.5. The van der Waals surface area contributed by atoms with Crippen LogP contribution < -0.4 is 21.3 Å². The summed E-state index contributed by atoms with van der Waals surface area (Å²) in [4.78, 5) is 33.0. The summed E-state index contributed by atoms with van der Waals surface area (Å²) in [5.74, 6) is 0.869. The first-order valence-corrected chi connectivity index (χ1v) is 10.1. The van der Waals surface area contributed by atoms with Gasteiger partial charge in [-0.2, -0.15) is 5.10 Å². The van der Waals surface area contributed by atoms with Gasteiger partial charge in [0.05, 0.1) is 6.20 Å². The van der Waals surface area contributed by atoms with Crippen LogP contribution in [-0.4, -0.2) is 44.6 Å². The smallest absolute Gasteiger partial charge is 0.273 e. The Morgan fingerprint density at radius 3 is 2.71 bits per heavy atom. The second-order valence-corrected chi connectivity index (χ2v) is 7.60. The molecule has 1 atom stereocenters. The van der Waals surface area contributed by atoms with Crippen LogP contribution in [0.5, 0.6) is 0 Å². The Balaban J connectivity index is 1.55. The molecule has 0 saturated carbocycles. The predicted octanol–water partition coefficient (Wildman–Crippen LogP) is 2.66. The summed E-state index contributed by atoms with van der Waals surface area (Å²) >= 11 is 5.96. The number of aryl methyl sites for hydroxylation is 1. The first kappa shape index (κ1) is 20.6. The first-order chi connectivity index (χ1) is 15.0. The summed E-state index contributed by atoms with van der Waals surface area (Å²) in [6, 6.07) is 8.75. The maximum Gasteiger partial charge on any atom is 0.273 e. The van der Waals surface area contributed by atoms with E-state index in [2.05, 4.69) is 41.4 Å². The number of carbonyl (C=O) groups is 2. The van der Waals surface area contributed by atoms with Crippen molar-refractivity contribution >= 4 is 46.6 Å². The molecule has 0 aliphatic carbocycles. The zero-order valence-electron chi connectivity index (χ0n) is 16.7. The number of carbonyl (C=O) groups excluding carboxylic acids is 2. The van der Waals surface area contributed by atoms with Crippen molar-refractivity contribution in [2.75, 3.05) is 17.2 Å². The molecule has 4 rings (SSSR count). The molecule has 1 aliphatic heterocycles. The number of aromatic nitrogens is 4. The molecule has 160 valence electrons. The van der Waals surface area contributed by atoms with Gasteiger partial charge in [0.15, 0.2) is 23.1 Å². The molecule has 1 aromatic carbocycles. The van der Waals surface area contributed by atoms with Gasteiger partial charge < -0.3 is 21.3 Å². The van der Waals surface area contributed by atoms with E-state index in [9.17, 15) is 9.59 Å². The number of nitrogens with zero attached hydrogens (tertiary/aromatic N) is 3. The van der Waals surface area contributed by atoms with E-state index in [0.29, 0.717) is 41.7 Å². The number of anilines is 4. The minimum atomic E-state index is -0.396. The number of hydrogen-bond donors (Lipinski definition) is 5. The van der Waals surface area contributed by atoms with Crippen LogP contribution in [0.3, 0.4) is 0 Å². The Morgan fingerprint density at radius 1 is 1.23 bits per heavy atom. The van der Waals surface area contributed by atoms with E-state index in [-0.39, 0.29) is 23.5 Å². The van der Waals surface area contributed by atoms with Crippen LogP contribution in [0, 0.1) is 6.92 Å². The molecule has 10 nitrogen and oxygen atoms in total. The van der Waals surface area contributed by atoms with Crippen molar-refractivity contribution in [2.45, 2.75) is 25.8 Å². The van der Waals surface area contributed by atoms with Gasteiger partial charge in [0, 0.05) is 41.5 Å². The van der Waals surface area contributed by atoms with Crippen LogP contribution in [0.4, 0.5) is 23.1 Å². The Bertz CT molecular complexity index is 1100. The van der Waals surface area contributed by atoms with Crippen LogP contribution in [0.15, 0.2) is 36.5 Å². The minimum absolute atomic E-state index is 0.00633. The van der Waals surface area contributed by atoms with Gasteiger partial charge in [0.25, 0.3) is 5.91 Å². The van der Waals surface area contributed by atoms with Crippen molar-refractivity contribution in [3.63, 3.8) is 0 Å². The number of rotatable bonds is 7. The van der Waals surface area contributed by atoms with Crippen LogP contribution in [0.2, 0.25) is 5.02 Å². The molecule has 1 aliphatic rings. The van der Waals surface area contributed by atoms with Gasteiger partial charge in [0.2, 0.25) is 5.91 Å². The third-order valence-electron chi connectivity index (χ3n) is 4.65. The van der Waals surface area contributed by atoms with Crippen LogP contribution in [0.1, 0.15) is 29.0 Å². The average molecular weight is 441 g/mol. The third-order valence-corrected chi connectivity index (χ3v) is 4.90. The Labute approximate surface area is 183 Å². The molecule has 1 fully saturated rings. The molecule has 0 spiro atoms. The molecule has 3 aromatic rings. The van der Waals surface area contributed by atoms with Crippen molar-refractivity contribution in [1.29, 1.82) is 0 Å². The number of amides is 2. The van der Waals surface area contributed by atoms with Gasteiger partial charge in [-0.1, -0.05) is 11.6 Å². The molecule has 3 heterocycles. The van der Waals surface area contributed by atoms with E-state index in [0.717, 1.165) is 5.69 Å². The fourth-order valence-corrected chi connectivity index (χ4v) is 3.24. The Hall–Kier alpha value is -3.66. The van der Waals surface area contributed by atoms with E-state index in [4.69, 9.17) is 11.6 Å². The fraction of sp³-hybridized carbons (Fsp3) is 0.250. The monoisotopic (exact) mass is 440 g/mol. The Kier molecular flexibility index (Phi) is 5.99. The summed E-state index contributed by atoms with van der Waals surface area (Å²) < 4.78 is 0. The normalized spacial score (nSPS) is 15.4. The lowest BCUT2D eigenvalue weighted by atomic mass is 10.2.